The molecule has 3 rings (SSSR count). The smallest absolute Gasteiger partial charge is 0.129 e. The Hall–Kier alpha value is -2.18. The third-order valence-corrected chi connectivity index (χ3v) is 4.54. The fourth-order valence-corrected chi connectivity index (χ4v) is 3.11. The maximum absolute atomic E-state index is 13.8. The van der Waals surface area contributed by atoms with Gasteiger partial charge in [-0.25, -0.2) is 8.78 Å². The van der Waals surface area contributed by atoms with Crippen LogP contribution >= 0.6 is 0 Å². The van der Waals surface area contributed by atoms with Gasteiger partial charge in [0.15, 0.2) is 0 Å². The number of hydrogen-bond donors (Lipinski definition) is 1. The van der Waals surface area contributed by atoms with Gasteiger partial charge in [0.1, 0.15) is 17.4 Å². The number of aliphatic hydroxyl groups is 1. The Morgan fingerprint density at radius 1 is 1.08 bits per heavy atom. The van der Waals surface area contributed by atoms with Crippen molar-refractivity contribution in [2.75, 3.05) is 44.7 Å². The van der Waals surface area contributed by atoms with Crippen LogP contribution in [0.15, 0.2) is 42.5 Å². The molecule has 2 aromatic rings. The van der Waals surface area contributed by atoms with E-state index in [2.05, 4.69) is 9.80 Å². The highest BCUT2D eigenvalue weighted by atomic mass is 19.1. The fourth-order valence-electron chi connectivity index (χ4n) is 3.11. The summed E-state index contributed by atoms with van der Waals surface area (Å²) in [6.45, 7) is 3.36. The van der Waals surface area contributed by atoms with Gasteiger partial charge in [0.05, 0.1) is 13.2 Å². The summed E-state index contributed by atoms with van der Waals surface area (Å²) in [6, 6.07) is 11.1. The average molecular weight is 348 g/mol. The van der Waals surface area contributed by atoms with E-state index >= 15 is 0 Å². The Balaban J connectivity index is 1.58. The average Bonchev–Trinajstić information content (AvgIpc) is 2.64. The van der Waals surface area contributed by atoms with Crippen molar-refractivity contribution in [3.05, 3.63) is 59.7 Å². The normalized spacial score (nSPS) is 16.7. The zero-order chi connectivity index (χ0) is 17.8. The van der Waals surface area contributed by atoms with Gasteiger partial charge in [-0.1, -0.05) is 6.07 Å². The number of piperazine rings is 1. The quantitative estimate of drug-likeness (QED) is 0.901. The van der Waals surface area contributed by atoms with Crippen LogP contribution < -0.4 is 9.64 Å². The SMILES string of the molecule is COc1cccc(N2CCN(CC(O)c3cc(F)ccc3F)CC2)c1. The minimum absolute atomic E-state index is 0.00947. The third-order valence-electron chi connectivity index (χ3n) is 4.54. The topological polar surface area (TPSA) is 35.9 Å². The van der Waals surface area contributed by atoms with Gasteiger partial charge < -0.3 is 14.7 Å². The van der Waals surface area contributed by atoms with Crippen molar-refractivity contribution >= 4 is 5.69 Å². The highest BCUT2D eigenvalue weighted by Crippen LogP contribution is 2.24. The van der Waals surface area contributed by atoms with Crippen LogP contribution in [0.4, 0.5) is 14.5 Å². The molecule has 1 heterocycles. The molecule has 1 atom stereocenters. The molecule has 25 heavy (non-hydrogen) atoms. The molecule has 0 aliphatic carbocycles. The van der Waals surface area contributed by atoms with E-state index in [9.17, 15) is 13.9 Å². The van der Waals surface area contributed by atoms with Crippen LogP contribution in [0.3, 0.4) is 0 Å². The van der Waals surface area contributed by atoms with Gasteiger partial charge >= 0.3 is 0 Å². The number of β-amino-alcohol motifs (C(OH)–C–C–N with tert-alkyl or cyclic N) is 1. The van der Waals surface area contributed by atoms with Crippen LogP contribution in [0, 0.1) is 11.6 Å². The minimum Gasteiger partial charge on any atom is -0.497 e. The maximum atomic E-state index is 13.8. The lowest BCUT2D eigenvalue weighted by Crippen LogP contribution is -2.47. The Labute approximate surface area is 146 Å². The first-order chi connectivity index (χ1) is 12.1. The van der Waals surface area contributed by atoms with E-state index in [4.69, 9.17) is 4.74 Å². The van der Waals surface area contributed by atoms with Crippen LogP contribution in [-0.4, -0.2) is 49.8 Å². The lowest BCUT2D eigenvalue weighted by Gasteiger charge is -2.37. The predicted molar refractivity (Wildman–Crippen MR) is 93.0 cm³/mol. The first-order valence-electron chi connectivity index (χ1n) is 8.31. The zero-order valence-corrected chi connectivity index (χ0v) is 14.2. The van der Waals surface area contributed by atoms with Gasteiger partial charge in [0.2, 0.25) is 0 Å². The summed E-state index contributed by atoms with van der Waals surface area (Å²) in [5.74, 6) is -0.306. The van der Waals surface area contributed by atoms with Crippen molar-refractivity contribution in [2.24, 2.45) is 0 Å². The van der Waals surface area contributed by atoms with Crippen LogP contribution in [0.5, 0.6) is 5.75 Å². The predicted octanol–water partition coefficient (Wildman–Crippen LogP) is 2.83. The molecule has 0 bridgehead atoms. The lowest BCUT2D eigenvalue weighted by molar-refractivity contribution is 0.106. The number of methoxy groups -OCH3 is 1. The monoisotopic (exact) mass is 348 g/mol. The van der Waals surface area contributed by atoms with E-state index in [-0.39, 0.29) is 12.1 Å². The Bertz CT molecular complexity index is 718. The van der Waals surface area contributed by atoms with Crippen LogP contribution in [0.2, 0.25) is 0 Å². The molecule has 2 aromatic carbocycles. The van der Waals surface area contributed by atoms with E-state index in [0.29, 0.717) is 0 Å². The number of rotatable bonds is 5. The number of ether oxygens (including phenoxy) is 1. The van der Waals surface area contributed by atoms with E-state index in [1.165, 1.54) is 0 Å². The van der Waals surface area contributed by atoms with Crippen molar-refractivity contribution in [1.29, 1.82) is 0 Å². The summed E-state index contributed by atoms with van der Waals surface area (Å²) in [5, 5.41) is 10.3. The summed E-state index contributed by atoms with van der Waals surface area (Å²) < 4.78 is 32.3. The summed E-state index contributed by atoms with van der Waals surface area (Å²) in [6.07, 6.45) is -1.04. The Morgan fingerprint density at radius 3 is 2.56 bits per heavy atom. The van der Waals surface area contributed by atoms with Gasteiger partial charge in [-0.15, -0.1) is 0 Å². The molecule has 1 N–H and O–H groups in total. The molecule has 0 radical (unpaired) electrons. The molecular weight excluding hydrogens is 326 g/mol. The van der Waals surface area contributed by atoms with Crippen molar-refractivity contribution < 1.29 is 18.6 Å². The van der Waals surface area contributed by atoms with Crippen molar-refractivity contribution in [3.8, 4) is 5.75 Å². The van der Waals surface area contributed by atoms with Gasteiger partial charge in [0.25, 0.3) is 0 Å². The molecule has 1 aliphatic heterocycles. The van der Waals surface area contributed by atoms with Gasteiger partial charge in [0, 0.05) is 50.0 Å². The fraction of sp³-hybridized carbons (Fsp3) is 0.368. The van der Waals surface area contributed by atoms with Crippen LogP contribution in [0.25, 0.3) is 0 Å². The van der Waals surface area contributed by atoms with E-state index < -0.39 is 17.7 Å². The van der Waals surface area contributed by atoms with Crippen LogP contribution in [0.1, 0.15) is 11.7 Å². The highest BCUT2D eigenvalue weighted by molar-refractivity contribution is 5.51. The minimum atomic E-state index is -1.04. The number of hydrogen-bond acceptors (Lipinski definition) is 4. The molecule has 1 aliphatic rings. The molecule has 0 aromatic heterocycles. The molecule has 6 heteroatoms. The first kappa shape index (κ1) is 17.6. The number of aliphatic hydroxyl groups excluding tert-OH is 1. The maximum Gasteiger partial charge on any atom is 0.129 e. The molecule has 0 saturated carbocycles. The molecule has 1 saturated heterocycles. The third kappa shape index (κ3) is 4.27. The summed E-state index contributed by atoms with van der Waals surface area (Å²) in [7, 11) is 1.64. The Morgan fingerprint density at radius 2 is 1.84 bits per heavy atom. The summed E-state index contributed by atoms with van der Waals surface area (Å²) >= 11 is 0. The molecule has 134 valence electrons. The second kappa shape index (κ2) is 7.80. The molecule has 1 unspecified atom stereocenters. The molecule has 0 spiro atoms. The van der Waals surface area contributed by atoms with Gasteiger partial charge in [-0.3, -0.25) is 4.90 Å². The summed E-state index contributed by atoms with van der Waals surface area (Å²) in [5.41, 5.74) is 1.10. The van der Waals surface area contributed by atoms with E-state index in [1.54, 1.807) is 7.11 Å². The molecule has 0 amide bonds. The van der Waals surface area contributed by atoms with Crippen LogP contribution in [-0.2, 0) is 0 Å². The lowest BCUT2D eigenvalue weighted by atomic mass is 10.1. The van der Waals surface area contributed by atoms with Crippen molar-refractivity contribution in [1.82, 2.24) is 4.90 Å². The number of halogens is 2. The second-order valence-corrected chi connectivity index (χ2v) is 6.17. The van der Waals surface area contributed by atoms with Crippen molar-refractivity contribution in [3.63, 3.8) is 0 Å². The summed E-state index contributed by atoms with van der Waals surface area (Å²) in [4.78, 5) is 4.31. The first-order valence-corrected chi connectivity index (χ1v) is 8.31. The van der Waals surface area contributed by atoms with E-state index in [0.717, 1.165) is 55.8 Å². The standard InChI is InChI=1S/C19H22F2N2O2/c1-25-16-4-2-3-15(12-16)23-9-7-22(8-10-23)13-19(24)17-11-14(20)5-6-18(17)21/h2-6,11-12,19,24H,7-10,13H2,1H3. The highest BCUT2D eigenvalue weighted by Gasteiger charge is 2.22. The Kier molecular flexibility index (Phi) is 5.50. The number of benzene rings is 2. The molecular formula is C19H22F2N2O2. The zero-order valence-electron chi connectivity index (χ0n) is 14.2. The number of nitrogens with zero attached hydrogens (tertiary/aromatic N) is 2. The van der Waals surface area contributed by atoms with Crippen molar-refractivity contribution in [2.45, 2.75) is 6.10 Å². The second-order valence-electron chi connectivity index (χ2n) is 6.17. The van der Waals surface area contributed by atoms with E-state index in [1.807, 2.05) is 24.3 Å². The molecule has 4 nitrogen and oxygen atoms in total. The number of anilines is 1. The van der Waals surface area contributed by atoms with Gasteiger partial charge in [-0.2, -0.15) is 0 Å². The largest absolute Gasteiger partial charge is 0.497 e. The molecule has 1 fully saturated rings. The van der Waals surface area contributed by atoms with Gasteiger partial charge in [-0.05, 0) is 30.3 Å².